The molecule has 3 aromatic rings. The number of halogens is 1. The minimum atomic E-state index is -2.81. The highest BCUT2D eigenvalue weighted by molar-refractivity contribution is 8.29. The highest BCUT2D eigenvalue weighted by Crippen LogP contribution is 2.69. The number of rotatable bonds is 5. The van der Waals surface area contributed by atoms with Crippen molar-refractivity contribution in [2.24, 2.45) is 0 Å². The third-order valence-electron chi connectivity index (χ3n) is 3.84. The Hall–Kier alpha value is -2.39. The average Bonchev–Trinajstić information content (AvgIpc) is 2.63. The minimum absolute atomic E-state index is 0.104. The normalized spacial score (nSPS) is 11.9. The average molecular weight is 338 g/mol. The number of hydrogen-bond acceptors (Lipinski definition) is 1. The fraction of sp³-hybridized carbons (Fsp3) is 0.0952. The quantitative estimate of drug-likeness (QED) is 0.559. The molecule has 0 N–H and O–H groups in total. The first kappa shape index (κ1) is 16.5. The van der Waals surface area contributed by atoms with Gasteiger partial charge in [0.1, 0.15) is 5.78 Å². The zero-order valence-corrected chi connectivity index (χ0v) is 14.3. The minimum Gasteiger partial charge on any atom is -0.300 e. The molecule has 3 heteroatoms. The molecule has 0 bridgehead atoms. The van der Waals surface area contributed by atoms with E-state index in [0.717, 1.165) is 5.56 Å². The molecule has 0 spiro atoms. The second-order valence-corrected chi connectivity index (χ2v) is 8.18. The smallest absolute Gasteiger partial charge is 0.134 e. The predicted octanol–water partition coefficient (Wildman–Crippen LogP) is 5.98. The molecule has 3 rings (SSSR count). The van der Waals surface area contributed by atoms with Gasteiger partial charge in [0.2, 0.25) is 0 Å². The Balaban J connectivity index is 2.10. The Morgan fingerprint density at radius 2 is 1.17 bits per heavy atom. The van der Waals surface area contributed by atoms with Gasteiger partial charge >= 0.3 is 0 Å². The number of ketones is 1. The molecule has 0 aliphatic rings. The second-order valence-electron chi connectivity index (χ2n) is 5.69. The van der Waals surface area contributed by atoms with Gasteiger partial charge in [-0.15, -0.1) is 0 Å². The van der Waals surface area contributed by atoms with E-state index in [9.17, 15) is 4.79 Å². The maximum Gasteiger partial charge on any atom is 0.134 e. The van der Waals surface area contributed by atoms with Gasteiger partial charge in [-0.3, -0.25) is 4.79 Å². The first-order valence-electron chi connectivity index (χ1n) is 7.82. The lowest BCUT2D eigenvalue weighted by Gasteiger charge is -2.32. The fourth-order valence-electron chi connectivity index (χ4n) is 2.71. The largest absolute Gasteiger partial charge is 0.300 e. The maximum absolute atomic E-state index is 16.4. The highest BCUT2D eigenvalue weighted by atomic mass is 32.3. The van der Waals surface area contributed by atoms with Gasteiger partial charge in [0.25, 0.3) is 0 Å². The topological polar surface area (TPSA) is 17.1 Å². The Morgan fingerprint density at radius 3 is 1.58 bits per heavy atom. The first-order chi connectivity index (χ1) is 11.6. The molecule has 3 aromatic carbocycles. The molecule has 0 aliphatic carbocycles. The van der Waals surface area contributed by atoms with E-state index in [1.165, 1.54) is 0 Å². The lowest BCUT2D eigenvalue weighted by molar-refractivity contribution is -0.116. The van der Waals surface area contributed by atoms with Crippen molar-refractivity contribution in [3.8, 4) is 0 Å². The van der Waals surface area contributed by atoms with Crippen molar-refractivity contribution in [1.82, 2.24) is 0 Å². The van der Waals surface area contributed by atoms with Crippen molar-refractivity contribution in [1.29, 1.82) is 0 Å². The van der Waals surface area contributed by atoms with Crippen LogP contribution in [0.25, 0.3) is 0 Å². The van der Waals surface area contributed by atoms with Gasteiger partial charge in [0.15, 0.2) is 0 Å². The number of hydrogen-bond donors (Lipinski definition) is 0. The summed E-state index contributed by atoms with van der Waals surface area (Å²) < 4.78 is 16.4. The molecular formula is C21H19FOS. The molecule has 0 aromatic heterocycles. The van der Waals surface area contributed by atoms with Crippen LogP contribution in [-0.4, -0.2) is 5.78 Å². The van der Waals surface area contributed by atoms with E-state index in [0.29, 0.717) is 21.1 Å². The molecule has 0 unspecified atom stereocenters. The Morgan fingerprint density at radius 1 is 0.750 bits per heavy atom. The van der Waals surface area contributed by atoms with Gasteiger partial charge in [0.05, 0.1) is 0 Å². The van der Waals surface area contributed by atoms with E-state index < -0.39 is 10.4 Å². The highest BCUT2D eigenvalue weighted by Gasteiger charge is 2.30. The van der Waals surface area contributed by atoms with Gasteiger partial charge in [-0.05, 0) is 59.3 Å². The molecule has 0 fully saturated rings. The first-order valence-corrected chi connectivity index (χ1v) is 9.35. The van der Waals surface area contributed by atoms with E-state index in [-0.39, 0.29) is 5.78 Å². The number of benzene rings is 3. The maximum atomic E-state index is 16.4. The Bertz CT molecular complexity index is 774. The van der Waals surface area contributed by atoms with E-state index in [4.69, 9.17) is 0 Å². The van der Waals surface area contributed by atoms with Gasteiger partial charge in [-0.25, -0.2) is 0 Å². The zero-order valence-electron chi connectivity index (χ0n) is 13.5. The third kappa shape index (κ3) is 3.26. The SMILES string of the molecule is CC(=O)Cc1ccc(S(F)(c2ccccc2)c2ccccc2)cc1. The van der Waals surface area contributed by atoms with Crippen LogP contribution in [0.4, 0.5) is 3.89 Å². The van der Waals surface area contributed by atoms with E-state index in [2.05, 4.69) is 0 Å². The molecule has 0 amide bonds. The summed E-state index contributed by atoms with van der Waals surface area (Å²) in [5, 5.41) is 0. The molecule has 122 valence electrons. The summed E-state index contributed by atoms with van der Waals surface area (Å²) in [4.78, 5) is 13.3. The summed E-state index contributed by atoms with van der Waals surface area (Å²) in [5.41, 5.74) is 0.911. The van der Waals surface area contributed by atoms with Crippen LogP contribution in [0.3, 0.4) is 0 Å². The monoisotopic (exact) mass is 338 g/mol. The molecule has 0 saturated heterocycles. The van der Waals surface area contributed by atoms with Crippen LogP contribution in [0.15, 0.2) is 99.6 Å². The van der Waals surface area contributed by atoms with Crippen molar-refractivity contribution >= 4 is 16.2 Å². The van der Waals surface area contributed by atoms with Crippen LogP contribution in [0.5, 0.6) is 0 Å². The summed E-state index contributed by atoms with van der Waals surface area (Å²) >= 11 is 0. The standard InChI is InChI=1S/C21H19FOS/c1-17(23)16-18-12-14-21(15-13-18)24(22,19-8-4-2-5-9-19)20-10-6-3-7-11-20/h2-15H,16H2,1H3. The molecule has 24 heavy (non-hydrogen) atoms. The number of carbonyl (C=O) groups excluding carboxylic acids is 1. The van der Waals surface area contributed by atoms with Crippen LogP contribution >= 0.6 is 10.4 Å². The van der Waals surface area contributed by atoms with Crippen LogP contribution in [0.1, 0.15) is 12.5 Å². The number of carbonyl (C=O) groups is 1. The van der Waals surface area contributed by atoms with Gasteiger partial charge in [-0.2, -0.15) is 3.89 Å². The summed E-state index contributed by atoms with van der Waals surface area (Å²) in [5.74, 6) is 0.104. The third-order valence-corrected chi connectivity index (χ3v) is 6.60. The van der Waals surface area contributed by atoms with Crippen molar-refractivity contribution in [2.75, 3.05) is 0 Å². The Kier molecular flexibility index (Phi) is 4.81. The van der Waals surface area contributed by atoms with Crippen molar-refractivity contribution < 1.29 is 8.68 Å². The Labute approximate surface area is 143 Å². The van der Waals surface area contributed by atoms with Gasteiger partial charge in [0, 0.05) is 21.1 Å². The summed E-state index contributed by atoms with van der Waals surface area (Å²) in [6.07, 6.45) is 0.381. The van der Waals surface area contributed by atoms with Crippen LogP contribution in [-0.2, 0) is 11.2 Å². The molecule has 0 atom stereocenters. The van der Waals surface area contributed by atoms with Crippen molar-refractivity contribution in [3.63, 3.8) is 0 Å². The summed E-state index contributed by atoms with van der Waals surface area (Å²) in [6, 6.07) is 25.9. The van der Waals surface area contributed by atoms with Crippen LogP contribution in [0.2, 0.25) is 0 Å². The van der Waals surface area contributed by atoms with E-state index >= 15 is 3.89 Å². The van der Waals surface area contributed by atoms with Crippen LogP contribution < -0.4 is 0 Å². The molecule has 0 aliphatic heterocycles. The summed E-state index contributed by atoms with van der Waals surface area (Å²) in [6.45, 7) is 1.56. The molecule has 0 heterocycles. The lowest BCUT2D eigenvalue weighted by atomic mass is 10.1. The van der Waals surface area contributed by atoms with Gasteiger partial charge in [-0.1, -0.05) is 48.5 Å². The molecule has 1 nitrogen and oxygen atoms in total. The van der Waals surface area contributed by atoms with Crippen molar-refractivity contribution in [3.05, 3.63) is 90.5 Å². The van der Waals surface area contributed by atoms with Gasteiger partial charge < -0.3 is 0 Å². The predicted molar refractivity (Wildman–Crippen MR) is 97.2 cm³/mol. The van der Waals surface area contributed by atoms with Crippen LogP contribution in [0, 0.1) is 0 Å². The van der Waals surface area contributed by atoms with E-state index in [1.807, 2.05) is 84.9 Å². The zero-order chi connectivity index (χ0) is 17.0. The molecule has 0 saturated carbocycles. The fourth-order valence-corrected chi connectivity index (χ4v) is 5.10. The molecule has 0 radical (unpaired) electrons. The second kappa shape index (κ2) is 7.02. The number of Topliss-reactive ketones (excluding diaryl/α,β-unsaturated/α-hetero) is 1. The molecular weight excluding hydrogens is 319 g/mol. The lowest BCUT2D eigenvalue weighted by Crippen LogP contribution is -1.99. The summed E-state index contributed by atoms with van der Waals surface area (Å²) in [7, 11) is -2.81. The van der Waals surface area contributed by atoms with Crippen molar-refractivity contribution in [2.45, 2.75) is 28.0 Å². The van der Waals surface area contributed by atoms with E-state index in [1.54, 1.807) is 6.92 Å².